The van der Waals surface area contributed by atoms with Crippen molar-refractivity contribution in [3.05, 3.63) is 72.2 Å². The summed E-state index contributed by atoms with van der Waals surface area (Å²) in [4.78, 5) is 16.5. The van der Waals surface area contributed by atoms with E-state index < -0.39 is 6.10 Å². The second kappa shape index (κ2) is 6.50. The van der Waals surface area contributed by atoms with Crippen LogP contribution in [0.25, 0.3) is 5.69 Å². The minimum Gasteiger partial charge on any atom is -0.467 e. The van der Waals surface area contributed by atoms with E-state index in [9.17, 15) is 9.90 Å². The minimum atomic E-state index is -0.879. The second-order valence-electron chi connectivity index (χ2n) is 5.23. The Labute approximate surface area is 133 Å². The molecule has 1 aromatic carbocycles. The molecule has 0 aliphatic carbocycles. The SMILES string of the molecule is Cc1ccc(-n2ccnc2)c(C(=O)NC[C@@H](O)c2ccco2)c1. The van der Waals surface area contributed by atoms with E-state index in [0.29, 0.717) is 11.3 Å². The van der Waals surface area contributed by atoms with Gasteiger partial charge in [0.25, 0.3) is 5.91 Å². The first-order valence-electron chi connectivity index (χ1n) is 7.24. The molecule has 0 saturated carbocycles. The van der Waals surface area contributed by atoms with Gasteiger partial charge in [-0.1, -0.05) is 11.6 Å². The number of aliphatic hydroxyl groups excluding tert-OH is 1. The Morgan fingerprint density at radius 2 is 2.30 bits per heavy atom. The molecule has 0 radical (unpaired) electrons. The number of carbonyl (C=O) groups excluding carboxylic acids is 1. The van der Waals surface area contributed by atoms with Crippen LogP contribution in [0.3, 0.4) is 0 Å². The highest BCUT2D eigenvalue weighted by Crippen LogP contribution is 2.17. The van der Waals surface area contributed by atoms with Crippen LogP contribution in [0.2, 0.25) is 0 Å². The fourth-order valence-corrected chi connectivity index (χ4v) is 2.32. The number of aromatic nitrogens is 2. The van der Waals surface area contributed by atoms with Crippen molar-refractivity contribution < 1.29 is 14.3 Å². The number of furan rings is 1. The lowest BCUT2D eigenvalue weighted by atomic mass is 10.1. The van der Waals surface area contributed by atoms with Crippen molar-refractivity contribution in [2.75, 3.05) is 6.54 Å². The number of aryl methyl sites for hydroxylation is 1. The predicted octanol–water partition coefficient (Wildman–Crippen LogP) is 2.24. The number of imidazole rings is 1. The zero-order valence-corrected chi connectivity index (χ0v) is 12.6. The van der Waals surface area contributed by atoms with E-state index in [2.05, 4.69) is 10.3 Å². The summed E-state index contributed by atoms with van der Waals surface area (Å²) in [5.74, 6) is 0.160. The Morgan fingerprint density at radius 1 is 1.43 bits per heavy atom. The number of nitrogens with zero attached hydrogens (tertiary/aromatic N) is 2. The van der Waals surface area contributed by atoms with E-state index in [1.54, 1.807) is 35.4 Å². The molecule has 0 fully saturated rings. The van der Waals surface area contributed by atoms with E-state index in [4.69, 9.17) is 4.42 Å². The van der Waals surface area contributed by atoms with Gasteiger partial charge in [0.2, 0.25) is 0 Å². The van der Waals surface area contributed by atoms with Gasteiger partial charge in [0.1, 0.15) is 11.9 Å². The highest BCUT2D eigenvalue weighted by molar-refractivity contribution is 5.98. The van der Waals surface area contributed by atoms with E-state index in [0.717, 1.165) is 11.3 Å². The lowest BCUT2D eigenvalue weighted by Crippen LogP contribution is -2.29. The van der Waals surface area contributed by atoms with Crippen LogP contribution in [0.1, 0.15) is 27.8 Å². The Kier molecular flexibility index (Phi) is 4.25. The maximum atomic E-state index is 12.5. The maximum absolute atomic E-state index is 12.5. The van der Waals surface area contributed by atoms with Gasteiger partial charge >= 0.3 is 0 Å². The molecule has 6 nitrogen and oxygen atoms in total. The predicted molar refractivity (Wildman–Crippen MR) is 84.3 cm³/mol. The molecule has 0 bridgehead atoms. The molecule has 0 aliphatic rings. The molecule has 0 unspecified atom stereocenters. The summed E-state index contributed by atoms with van der Waals surface area (Å²) in [5.41, 5.74) is 2.23. The molecular formula is C17H17N3O3. The van der Waals surface area contributed by atoms with Crippen molar-refractivity contribution in [1.82, 2.24) is 14.9 Å². The molecule has 1 amide bonds. The Balaban J connectivity index is 1.78. The van der Waals surface area contributed by atoms with Crippen molar-refractivity contribution in [1.29, 1.82) is 0 Å². The summed E-state index contributed by atoms with van der Waals surface area (Å²) in [6, 6.07) is 8.97. The van der Waals surface area contributed by atoms with Crippen molar-refractivity contribution in [3.63, 3.8) is 0 Å². The van der Waals surface area contributed by atoms with Gasteiger partial charge in [0.05, 0.1) is 30.4 Å². The first-order chi connectivity index (χ1) is 11.1. The molecule has 118 valence electrons. The zero-order chi connectivity index (χ0) is 16.2. The molecule has 2 aromatic heterocycles. The maximum Gasteiger partial charge on any atom is 0.253 e. The third kappa shape index (κ3) is 3.32. The first-order valence-corrected chi connectivity index (χ1v) is 7.24. The molecule has 0 saturated heterocycles. The van der Waals surface area contributed by atoms with Crippen LogP contribution in [0.4, 0.5) is 0 Å². The number of rotatable bonds is 5. The molecule has 23 heavy (non-hydrogen) atoms. The number of aliphatic hydroxyl groups is 1. The zero-order valence-electron chi connectivity index (χ0n) is 12.6. The van der Waals surface area contributed by atoms with E-state index in [1.165, 1.54) is 6.26 Å². The van der Waals surface area contributed by atoms with Gasteiger partial charge < -0.3 is 19.4 Å². The Morgan fingerprint density at radius 3 is 3.00 bits per heavy atom. The van der Waals surface area contributed by atoms with Crippen LogP contribution in [0, 0.1) is 6.92 Å². The Bertz CT molecular complexity index is 780. The van der Waals surface area contributed by atoms with Gasteiger partial charge in [0, 0.05) is 12.4 Å². The summed E-state index contributed by atoms with van der Waals surface area (Å²) < 4.78 is 6.90. The van der Waals surface area contributed by atoms with Crippen molar-refractivity contribution in [2.24, 2.45) is 0 Å². The molecule has 0 spiro atoms. The number of hydrogen-bond acceptors (Lipinski definition) is 4. The van der Waals surface area contributed by atoms with Crippen LogP contribution in [0.15, 0.2) is 59.7 Å². The summed E-state index contributed by atoms with van der Waals surface area (Å²) in [7, 11) is 0. The number of benzene rings is 1. The van der Waals surface area contributed by atoms with Crippen LogP contribution >= 0.6 is 0 Å². The van der Waals surface area contributed by atoms with Gasteiger partial charge in [-0.25, -0.2) is 4.98 Å². The van der Waals surface area contributed by atoms with Gasteiger partial charge in [-0.3, -0.25) is 4.79 Å². The lowest BCUT2D eigenvalue weighted by molar-refractivity contribution is 0.0901. The molecule has 3 aromatic rings. The third-order valence-corrected chi connectivity index (χ3v) is 3.51. The highest BCUT2D eigenvalue weighted by Gasteiger charge is 2.16. The smallest absolute Gasteiger partial charge is 0.253 e. The normalized spacial score (nSPS) is 12.1. The van der Waals surface area contributed by atoms with Crippen LogP contribution < -0.4 is 5.32 Å². The van der Waals surface area contributed by atoms with Gasteiger partial charge in [0.15, 0.2) is 0 Å². The summed E-state index contributed by atoms with van der Waals surface area (Å²) in [5, 5.41) is 12.7. The molecule has 2 N–H and O–H groups in total. The molecular weight excluding hydrogens is 294 g/mol. The fraction of sp³-hybridized carbons (Fsp3) is 0.176. The average Bonchev–Trinajstić information content (AvgIpc) is 3.25. The quantitative estimate of drug-likeness (QED) is 0.757. The highest BCUT2D eigenvalue weighted by atomic mass is 16.4. The van der Waals surface area contributed by atoms with Crippen molar-refractivity contribution in [3.8, 4) is 5.69 Å². The molecule has 1 atom stereocenters. The molecule has 2 heterocycles. The van der Waals surface area contributed by atoms with Gasteiger partial charge in [-0.15, -0.1) is 0 Å². The fourth-order valence-electron chi connectivity index (χ4n) is 2.32. The van der Waals surface area contributed by atoms with Crippen LogP contribution in [-0.2, 0) is 0 Å². The summed E-state index contributed by atoms with van der Waals surface area (Å²) in [6.45, 7) is 2.00. The molecule has 3 rings (SSSR count). The average molecular weight is 311 g/mol. The first kappa shape index (κ1) is 15.1. The van der Waals surface area contributed by atoms with E-state index in [1.807, 2.05) is 25.1 Å². The van der Waals surface area contributed by atoms with Crippen LogP contribution in [0.5, 0.6) is 0 Å². The standard InChI is InChI=1S/C17H17N3O3/c1-12-4-5-14(20-7-6-18-11-20)13(9-12)17(22)19-10-15(21)16-3-2-8-23-16/h2-9,11,15,21H,10H2,1H3,(H,19,22)/t15-/m1/s1. The monoisotopic (exact) mass is 311 g/mol. The van der Waals surface area contributed by atoms with Crippen LogP contribution in [-0.4, -0.2) is 27.1 Å². The summed E-state index contributed by atoms with van der Waals surface area (Å²) in [6.07, 6.45) is 5.67. The summed E-state index contributed by atoms with van der Waals surface area (Å²) >= 11 is 0. The minimum absolute atomic E-state index is 0.0731. The van der Waals surface area contributed by atoms with E-state index >= 15 is 0 Å². The van der Waals surface area contributed by atoms with Crippen molar-refractivity contribution in [2.45, 2.75) is 13.0 Å². The van der Waals surface area contributed by atoms with Gasteiger partial charge in [-0.2, -0.15) is 0 Å². The second-order valence-corrected chi connectivity index (χ2v) is 5.23. The third-order valence-electron chi connectivity index (χ3n) is 3.51. The van der Waals surface area contributed by atoms with Gasteiger partial charge in [-0.05, 0) is 31.2 Å². The largest absolute Gasteiger partial charge is 0.467 e. The number of nitrogens with one attached hydrogen (secondary N) is 1. The van der Waals surface area contributed by atoms with Crippen molar-refractivity contribution >= 4 is 5.91 Å². The van der Waals surface area contributed by atoms with E-state index in [-0.39, 0.29) is 12.5 Å². The molecule has 0 aliphatic heterocycles. The Hall–Kier alpha value is -2.86. The molecule has 6 heteroatoms. The number of carbonyl (C=O) groups is 1. The lowest BCUT2D eigenvalue weighted by Gasteiger charge is -2.13. The topological polar surface area (TPSA) is 80.3 Å². The number of hydrogen-bond donors (Lipinski definition) is 2. The number of amides is 1.